The molecule has 172 valence electrons. The van der Waals surface area contributed by atoms with E-state index in [1.807, 2.05) is 12.1 Å². The van der Waals surface area contributed by atoms with Gasteiger partial charge in [-0.3, -0.25) is 4.79 Å². The van der Waals surface area contributed by atoms with E-state index in [9.17, 15) is 13.2 Å². The third-order valence-electron chi connectivity index (χ3n) is 5.19. The molecule has 1 aliphatic rings. The van der Waals surface area contributed by atoms with Crippen LogP contribution < -0.4 is 16.2 Å². The van der Waals surface area contributed by atoms with Gasteiger partial charge in [-0.25, -0.2) is 18.5 Å². The second kappa shape index (κ2) is 9.38. The minimum absolute atomic E-state index is 0.0780. The summed E-state index contributed by atoms with van der Waals surface area (Å²) in [6.07, 6.45) is 4.64. The number of nitrogen functional groups attached to an aromatic ring is 1. The number of nitrogens with one attached hydrogen (secondary N) is 1. The molecule has 0 atom stereocenters. The number of amides is 1. The lowest BCUT2D eigenvalue weighted by Crippen LogP contribution is -2.34. The second-order valence-corrected chi connectivity index (χ2v) is 9.03. The number of rotatable bonds is 7. The van der Waals surface area contributed by atoms with Crippen LogP contribution in [0.4, 0.5) is 11.8 Å². The number of hydrogen-bond donors (Lipinski definition) is 3. The van der Waals surface area contributed by atoms with Crippen molar-refractivity contribution in [1.29, 1.82) is 0 Å². The van der Waals surface area contributed by atoms with Crippen LogP contribution in [0.2, 0.25) is 0 Å². The topological polar surface area (TPSA) is 170 Å². The smallest absolute Gasteiger partial charge is 0.292 e. The second-order valence-electron chi connectivity index (χ2n) is 7.47. The average molecular weight is 470 g/mol. The molecule has 0 spiro atoms. The molecule has 1 aliphatic heterocycles. The highest BCUT2D eigenvalue weighted by Gasteiger charge is 2.22. The first-order valence-electron chi connectivity index (χ1n) is 10.2. The van der Waals surface area contributed by atoms with Gasteiger partial charge >= 0.3 is 0 Å². The van der Waals surface area contributed by atoms with E-state index < -0.39 is 10.0 Å². The van der Waals surface area contributed by atoms with Crippen molar-refractivity contribution >= 4 is 33.3 Å². The third kappa shape index (κ3) is 5.54. The van der Waals surface area contributed by atoms with Gasteiger partial charge in [-0.1, -0.05) is 23.4 Å². The van der Waals surface area contributed by atoms with Gasteiger partial charge in [0.05, 0.1) is 16.8 Å². The summed E-state index contributed by atoms with van der Waals surface area (Å²) in [7, 11) is -3.70. The van der Waals surface area contributed by atoms with Gasteiger partial charge in [0.2, 0.25) is 21.7 Å². The van der Waals surface area contributed by atoms with Crippen molar-refractivity contribution in [2.75, 3.05) is 30.7 Å². The van der Waals surface area contributed by atoms with Crippen molar-refractivity contribution in [2.45, 2.75) is 17.7 Å². The Kier molecular flexibility index (Phi) is 6.38. The van der Waals surface area contributed by atoms with Crippen LogP contribution in [0.5, 0.6) is 0 Å². The number of benzene rings is 1. The van der Waals surface area contributed by atoms with Gasteiger partial charge in [0.1, 0.15) is 5.82 Å². The quantitative estimate of drug-likeness (QED) is 0.461. The lowest BCUT2D eigenvalue weighted by molar-refractivity contribution is 0.0731. The summed E-state index contributed by atoms with van der Waals surface area (Å²) >= 11 is 0. The lowest BCUT2D eigenvalue weighted by Gasteiger charge is -2.25. The number of aromatic nitrogens is 3. The Morgan fingerprint density at radius 1 is 1.18 bits per heavy atom. The van der Waals surface area contributed by atoms with E-state index in [0.717, 1.165) is 11.1 Å². The Hall–Kier alpha value is -3.77. The maximum atomic E-state index is 12.4. The van der Waals surface area contributed by atoms with Crippen LogP contribution in [0.3, 0.4) is 0 Å². The van der Waals surface area contributed by atoms with Gasteiger partial charge < -0.3 is 20.5 Å². The number of carbonyl (C=O) groups is 1. The minimum atomic E-state index is -3.70. The Labute approximate surface area is 190 Å². The molecule has 1 aromatic carbocycles. The number of nitrogens with zero attached hydrogens (tertiary/aromatic N) is 4. The van der Waals surface area contributed by atoms with Crippen LogP contribution in [-0.4, -0.2) is 54.0 Å². The van der Waals surface area contributed by atoms with Gasteiger partial charge in [0, 0.05) is 31.8 Å². The summed E-state index contributed by atoms with van der Waals surface area (Å²) in [5.74, 6) is 0.738. The molecule has 0 radical (unpaired) electrons. The standard InChI is InChI=1S/C21H23N7O4S/c22-21-26-17(15-7-11-28(12-8-15)20(29)18-6-10-25-32-18)13-19(27-21)24-9-5-14-1-3-16(4-2-14)33(23,30)31/h1-4,6-7,10,13H,5,8-9,11-12H2,(H2,23,30,31)(H3,22,24,26,27). The highest BCUT2D eigenvalue weighted by Crippen LogP contribution is 2.24. The number of nitrogens with two attached hydrogens (primary N) is 2. The Balaban J connectivity index is 1.37. The van der Waals surface area contributed by atoms with Crippen molar-refractivity contribution in [3.05, 3.63) is 65.7 Å². The number of sulfonamides is 1. The molecule has 11 nitrogen and oxygen atoms in total. The number of primary sulfonamides is 1. The molecule has 1 amide bonds. The van der Waals surface area contributed by atoms with Crippen molar-refractivity contribution in [2.24, 2.45) is 5.14 Å². The van der Waals surface area contributed by atoms with Gasteiger partial charge in [0.25, 0.3) is 5.91 Å². The van der Waals surface area contributed by atoms with Crippen molar-refractivity contribution in [3.63, 3.8) is 0 Å². The fraction of sp³-hybridized carbons (Fsp3) is 0.238. The first-order valence-corrected chi connectivity index (χ1v) is 11.7. The number of carbonyl (C=O) groups excluding carboxylic acids is 1. The van der Waals surface area contributed by atoms with Gasteiger partial charge in [-0.05, 0) is 36.1 Å². The van der Waals surface area contributed by atoms with Gasteiger partial charge in [0.15, 0.2) is 0 Å². The molecule has 3 heterocycles. The molecule has 0 saturated heterocycles. The van der Waals surface area contributed by atoms with Crippen LogP contribution in [-0.2, 0) is 16.4 Å². The third-order valence-corrected chi connectivity index (χ3v) is 6.12. The zero-order valence-electron chi connectivity index (χ0n) is 17.6. The van der Waals surface area contributed by atoms with E-state index in [0.29, 0.717) is 44.0 Å². The molecule has 3 aromatic rings. The molecule has 4 rings (SSSR count). The highest BCUT2D eigenvalue weighted by molar-refractivity contribution is 7.89. The molecule has 0 unspecified atom stereocenters. The lowest BCUT2D eigenvalue weighted by atomic mass is 10.0. The summed E-state index contributed by atoms with van der Waals surface area (Å²) in [5.41, 5.74) is 8.53. The van der Waals surface area contributed by atoms with E-state index in [1.165, 1.54) is 18.3 Å². The molecule has 0 fully saturated rings. The molecule has 12 heteroatoms. The minimum Gasteiger partial charge on any atom is -0.370 e. The molecular weight excluding hydrogens is 446 g/mol. The van der Waals surface area contributed by atoms with E-state index in [2.05, 4.69) is 20.4 Å². The van der Waals surface area contributed by atoms with Crippen LogP contribution in [0.15, 0.2) is 58.1 Å². The summed E-state index contributed by atoms with van der Waals surface area (Å²) < 4.78 is 27.6. The molecule has 5 N–H and O–H groups in total. The van der Waals surface area contributed by atoms with E-state index in [1.54, 1.807) is 23.1 Å². The first kappa shape index (κ1) is 22.4. The molecule has 0 saturated carbocycles. The van der Waals surface area contributed by atoms with Crippen LogP contribution in [0, 0.1) is 0 Å². The molecular formula is C21H23N7O4S. The normalized spacial score (nSPS) is 14.1. The predicted molar refractivity (Wildman–Crippen MR) is 121 cm³/mol. The zero-order valence-corrected chi connectivity index (χ0v) is 18.5. The Morgan fingerprint density at radius 3 is 2.61 bits per heavy atom. The molecule has 2 aromatic heterocycles. The number of anilines is 2. The average Bonchev–Trinajstić information content (AvgIpc) is 3.33. The summed E-state index contributed by atoms with van der Waals surface area (Å²) in [5, 5.41) is 11.9. The van der Waals surface area contributed by atoms with Crippen LogP contribution >= 0.6 is 0 Å². The van der Waals surface area contributed by atoms with Gasteiger partial charge in [-0.15, -0.1) is 0 Å². The summed E-state index contributed by atoms with van der Waals surface area (Å²) in [6, 6.07) is 9.77. The van der Waals surface area contributed by atoms with Crippen molar-refractivity contribution < 1.29 is 17.7 Å². The van der Waals surface area contributed by atoms with Crippen molar-refractivity contribution in [3.8, 4) is 0 Å². The first-order chi connectivity index (χ1) is 15.8. The van der Waals surface area contributed by atoms with E-state index in [4.69, 9.17) is 15.4 Å². The predicted octanol–water partition coefficient (Wildman–Crippen LogP) is 1.28. The fourth-order valence-corrected chi connectivity index (χ4v) is 3.99. The van der Waals surface area contributed by atoms with Crippen LogP contribution in [0.25, 0.3) is 5.57 Å². The van der Waals surface area contributed by atoms with E-state index in [-0.39, 0.29) is 22.5 Å². The molecule has 0 bridgehead atoms. The van der Waals surface area contributed by atoms with Crippen molar-refractivity contribution in [1.82, 2.24) is 20.0 Å². The highest BCUT2D eigenvalue weighted by atomic mass is 32.2. The van der Waals surface area contributed by atoms with E-state index >= 15 is 0 Å². The molecule has 0 aliphatic carbocycles. The Morgan fingerprint density at radius 2 is 1.97 bits per heavy atom. The Bertz CT molecular complexity index is 1270. The zero-order chi connectivity index (χ0) is 23.4. The van der Waals surface area contributed by atoms with Crippen LogP contribution in [0.1, 0.15) is 28.2 Å². The van der Waals surface area contributed by atoms with Gasteiger partial charge in [-0.2, -0.15) is 4.98 Å². The largest absolute Gasteiger partial charge is 0.370 e. The number of hydrogen-bond acceptors (Lipinski definition) is 9. The monoisotopic (exact) mass is 469 g/mol. The fourth-order valence-electron chi connectivity index (χ4n) is 3.47. The summed E-state index contributed by atoms with van der Waals surface area (Å²) in [4.78, 5) is 22.7. The maximum Gasteiger partial charge on any atom is 0.292 e. The molecule has 33 heavy (non-hydrogen) atoms. The summed E-state index contributed by atoms with van der Waals surface area (Å²) in [6.45, 7) is 1.51. The SMILES string of the molecule is Nc1nc(NCCc2ccc(S(N)(=O)=O)cc2)cc(C2=CCN(C(=O)c3ccno3)CC2)n1. The maximum absolute atomic E-state index is 12.4.